The molecule has 0 spiro atoms. The first-order valence-electron chi connectivity index (χ1n) is 7.58. The molecule has 0 aliphatic heterocycles. The van der Waals surface area contributed by atoms with Gasteiger partial charge in [0.05, 0.1) is 0 Å². The Bertz CT molecular complexity index is 210. The monoisotopic (exact) mass is 252 g/mol. The molecule has 0 saturated carbocycles. The van der Waals surface area contributed by atoms with E-state index in [0.29, 0.717) is 0 Å². The van der Waals surface area contributed by atoms with Gasteiger partial charge in [-0.15, -0.1) is 13.2 Å². The zero-order valence-corrected chi connectivity index (χ0v) is 13.8. The molecule has 0 bridgehead atoms. The lowest BCUT2D eigenvalue weighted by atomic mass is 9.99. The van der Waals surface area contributed by atoms with Gasteiger partial charge in [-0.05, 0) is 44.9 Å². The van der Waals surface area contributed by atoms with Gasteiger partial charge in [0, 0.05) is 0 Å². The lowest BCUT2D eigenvalue weighted by Crippen LogP contribution is -1.93. The summed E-state index contributed by atoms with van der Waals surface area (Å²) in [5.41, 5.74) is 2.63. The van der Waals surface area contributed by atoms with E-state index < -0.39 is 0 Å². The molecule has 18 heavy (non-hydrogen) atoms. The number of hydrogen-bond acceptors (Lipinski definition) is 0. The third-order valence-corrected chi connectivity index (χ3v) is 2.86. The van der Waals surface area contributed by atoms with Gasteiger partial charge in [0.25, 0.3) is 0 Å². The summed E-state index contributed by atoms with van der Waals surface area (Å²) in [6.07, 6.45) is 7.70. The van der Waals surface area contributed by atoms with E-state index >= 15 is 0 Å². The van der Waals surface area contributed by atoms with Crippen LogP contribution in [0, 0.1) is 11.8 Å². The molecule has 1 atom stereocenters. The van der Waals surface area contributed by atoms with E-state index in [0.717, 1.165) is 11.8 Å². The van der Waals surface area contributed by atoms with Gasteiger partial charge in [-0.1, -0.05) is 58.1 Å². The molecule has 0 fully saturated rings. The van der Waals surface area contributed by atoms with Crippen LogP contribution in [0.25, 0.3) is 0 Å². The van der Waals surface area contributed by atoms with Crippen LogP contribution in [-0.4, -0.2) is 0 Å². The first-order valence-corrected chi connectivity index (χ1v) is 7.58. The van der Waals surface area contributed by atoms with E-state index in [1.165, 1.54) is 49.7 Å². The van der Waals surface area contributed by atoms with Crippen molar-refractivity contribution in [2.75, 3.05) is 0 Å². The summed E-state index contributed by atoms with van der Waals surface area (Å²) < 4.78 is 0. The molecule has 0 rings (SSSR count). The zero-order chi connectivity index (χ0) is 14.6. The molecule has 0 N–H and O–H groups in total. The largest absolute Gasteiger partial charge is 0.100 e. The summed E-state index contributed by atoms with van der Waals surface area (Å²) in [7, 11) is 0. The Morgan fingerprint density at radius 1 is 0.944 bits per heavy atom. The average Bonchev–Trinajstić information content (AvgIpc) is 2.16. The fourth-order valence-corrected chi connectivity index (χ4v) is 2.00. The van der Waals surface area contributed by atoms with Gasteiger partial charge in [-0.2, -0.15) is 0 Å². The molecule has 1 unspecified atom stereocenters. The SMILES string of the molecule is C=C(C)CC(C)CCC.C=C(C)CCCC(C)C. The quantitative estimate of drug-likeness (QED) is 0.418. The highest BCUT2D eigenvalue weighted by atomic mass is 14.0. The van der Waals surface area contributed by atoms with Crippen molar-refractivity contribution in [3.8, 4) is 0 Å². The third-order valence-electron chi connectivity index (χ3n) is 2.86. The van der Waals surface area contributed by atoms with Crippen molar-refractivity contribution in [1.29, 1.82) is 0 Å². The van der Waals surface area contributed by atoms with Gasteiger partial charge in [-0.3, -0.25) is 0 Å². The molecule has 0 amide bonds. The van der Waals surface area contributed by atoms with Crippen LogP contribution in [0.5, 0.6) is 0 Å². The predicted octanol–water partition coefficient (Wildman–Crippen LogP) is 6.78. The molecule has 0 nitrogen and oxygen atoms in total. The van der Waals surface area contributed by atoms with Crippen molar-refractivity contribution in [2.45, 2.75) is 80.1 Å². The zero-order valence-electron chi connectivity index (χ0n) is 13.8. The molecule has 0 aromatic rings. The van der Waals surface area contributed by atoms with Gasteiger partial charge in [0.15, 0.2) is 0 Å². The van der Waals surface area contributed by atoms with Crippen molar-refractivity contribution in [2.24, 2.45) is 11.8 Å². The van der Waals surface area contributed by atoms with Crippen LogP contribution in [0.1, 0.15) is 80.1 Å². The molecule has 0 aliphatic carbocycles. The molecule has 0 saturated heterocycles. The normalized spacial score (nSPS) is 11.7. The Labute approximate surface area is 117 Å². The topological polar surface area (TPSA) is 0 Å². The highest BCUT2D eigenvalue weighted by molar-refractivity contribution is 4.89. The Morgan fingerprint density at radius 3 is 1.83 bits per heavy atom. The summed E-state index contributed by atoms with van der Waals surface area (Å²) in [4.78, 5) is 0. The summed E-state index contributed by atoms with van der Waals surface area (Å²) in [5.74, 6) is 1.69. The number of rotatable bonds is 8. The summed E-state index contributed by atoms with van der Waals surface area (Å²) in [6, 6.07) is 0. The second-order valence-corrected chi connectivity index (χ2v) is 6.30. The van der Waals surface area contributed by atoms with Crippen LogP contribution in [0.3, 0.4) is 0 Å². The molecule has 0 heteroatoms. The Morgan fingerprint density at radius 2 is 1.50 bits per heavy atom. The average molecular weight is 252 g/mol. The van der Waals surface area contributed by atoms with Crippen LogP contribution in [0.4, 0.5) is 0 Å². The second kappa shape index (κ2) is 12.9. The highest BCUT2D eigenvalue weighted by Gasteiger charge is 1.98. The molecular weight excluding hydrogens is 216 g/mol. The van der Waals surface area contributed by atoms with Gasteiger partial charge >= 0.3 is 0 Å². The Kier molecular flexibility index (Phi) is 14.2. The maximum absolute atomic E-state index is 3.88. The number of allylic oxidation sites excluding steroid dienone is 2. The van der Waals surface area contributed by atoms with E-state index in [9.17, 15) is 0 Å². The first kappa shape index (κ1) is 19.8. The van der Waals surface area contributed by atoms with Crippen LogP contribution in [0.2, 0.25) is 0 Å². The second-order valence-electron chi connectivity index (χ2n) is 6.30. The van der Waals surface area contributed by atoms with Crippen LogP contribution in [0.15, 0.2) is 24.3 Å². The van der Waals surface area contributed by atoms with Gasteiger partial charge in [-0.25, -0.2) is 0 Å². The molecule has 0 heterocycles. The molecule has 0 aromatic carbocycles. The lowest BCUT2D eigenvalue weighted by molar-refractivity contribution is 0.521. The summed E-state index contributed by atoms with van der Waals surface area (Å²) in [5, 5.41) is 0. The van der Waals surface area contributed by atoms with E-state index in [-0.39, 0.29) is 0 Å². The van der Waals surface area contributed by atoms with E-state index in [4.69, 9.17) is 0 Å². The Hall–Kier alpha value is -0.520. The highest BCUT2D eigenvalue weighted by Crippen LogP contribution is 2.13. The molecule has 0 radical (unpaired) electrons. The maximum atomic E-state index is 3.88. The fraction of sp³-hybridized carbons (Fsp3) is 0.778. The van der Waals surface area contributed by atoms with E-state index in [1.54, 1.807) is 0 Å². The first-order chi connectivity index (χ1) is 8.29. The minimum Gasteiger partial charge on any atom is -0.100 e. The van der Waals surface area contributed by atoms with E-state index in [2.05, 4.69) is 54.7 Å². The fourth-order valence-electron chi connectivity index (χ4n) is 2.00. The molecular formula is C18H36. The number of hydrogen-bond donors (Lipinski definition) is 0. The molecule has 108 valence electrons. The smallest absolute Gasteiger partial charge is 0.0300 e. The van der Waals surface area contributed by atoms with Gasteiger partial charge in [0.2, 0.25) is 0 Å². The van der Waals surface area contributed by atoms with Gasteiger partial charge in [0.1, 0.15) is 0 Å². The maximum Gasteiger partial charge on any atom is -0.0300 e. The van der Waals surface area contributed by atoms with Gasteiger partial charge < -0.3 is 0 Å². The summed E-state index contributed by atoms with van der Waals surface area (Å²) in [6.45, 7) is 21.0. The Balaban J connectivity index is 0. The standard InChI is InChI=1S/2C9H18/c1-8(2)6-5-7-9(3)4;1-5-6-9(4)7-8(2)3/h9H,1,5-7H2,2-4H3;9H,2,5-7H2,1,3-4H3. The molecule has 0 aliphatic rings. The summed E-state index contributed by atoms with van der Waals surface area (Å²) >= 11 is 0. The third kappa shape index (κ3) is 20.8. The predicted molar refractivity (Wildman–Crippen MR) is 87.0 cm³/mol. The van der Waals surface area contributed by atoms with Crippen LogP contribution >= 0.6 is 0 Å². The van der Waals surface area contributed by atoms with Crippen molar-refractivity contribution < 1.29 is 0 Å². The molecule has 0 aromatic heterocycles. The van der Waals surface area contributed by atoms with E-state index in [1.807, 2.05) is 0 Å². The van der Waals surface area contributed by atoms with Crippen molar-refractivity contribution in [3.63, 3.8) is 0 Å². The van der Waals surface area contributed by atoms with Crippen molar-refractivity contribution >= 4 is 0 Å². The van der Waals surface area contributed by atoms with Crippen molar-refractivity contribution in [1.82, 2.24) is 0 Å². The minimum absolute atomic E-state index is 0.840. The minimum atomic E-state index is 0.840. The van der Waals surface area contributed by atoms with Crippen LogP contribution < -0.4 is 0 Å². The van der Waals surface area contributed by atoms with Crippen LogP contribution in [-0.2, 0) is 0 Å². The van der Waals surface area contributed by atoms with Crippen molar-refractivity contribution in [3.05, 3.63) is 24.3 Å². The lowest BCUT2D eigenvalue weighted by Gasteiger charge is -2.07.